The van der Waals surface area contributed by atoms with E-state index >= 15 is 0 Å². The van der Waals surface area contributed by atoms with Gasteiger partial charge in [-0.2, -0.15) is 0 Å². The number of ether oxygens (including phenoxy) is 2. The molecule has 2 bridgehead atoms. The van der Waals surface area contributed by atoms with Crippen LogP contribution < -0.4 is 10.1 Å². The molecular formula is C25H35NO4. The van der Waals surface area contributed by atoms with Crippen LogP contribution in [0.1, 0.15) is 58.6 Å². The molecule has 0 radical (unpaired) electrons. The van der Waals surface area contributed by atoms with E-state index in [4.69, 9.17) is 9.47 Å². The van der Waals surface area contributed by atoms with Gasteiger partial charge < -0.3 is 25.0 Å². The van der Waals surface area contributed by atoms with Crippen molar-refractivity contribution in [3.8, 4) is 11.5 Å². The van der Waals surface area contributed by atoms with Crippen LogP contribution in [0.3, 0.4) is 0 Å². The SMILES string of the molecule is CC[C@]12C3[C@H]([C@](C)(O)C(C)(C)C)[C@@]3(OC)[C@@H]3Oc4c(O)ccc5c4[C@@]31CCN[C@@H]2C5. The lowest BCUT2D eigenvalue weighted by Gasteiger charge is -2.60. The fourth-order valence-electron chi connectivity index (χ4n) is 8.87. The average Bonchev–Trinajstić information content (AvgIpc) is 3.16. The van der Waals surface area contributed by atoms with E-state index in [0.717, 1.165) is 25.8 Å². The topological polar surface area (TPSA) is 71.0 Å². The maximum atomic E-state index is 11.9. The fourth-order valence-corrected chi connectivity index (χ4v) is 8.87. The number of hydrogen-bond donors (Lipinski definition) is 3. The van der Waals surface area contributed by atoms with Crippen molar-refractivity contribution in [3.05, 3.63) is 23.3 Å². The minimum atomic E-state index is -0.897. The van der Waals surface area contributed by atoms with Gasteiger partial charge in [0.2, 0.25) is 0 Å². The molecule has 0 amide bonds. The second-order valence-electron chi connectivity index (χ2n) is 11.7. The highest BCUT2D eigenvalue weighted by Gasteiger charge is 2.95. The summed E-state index contributed by atoms with van der Waals surface area (Å²) in [6, 6.07) is 4.20. The molecule has 1 aromatic carbocycles. The van der Waals surface area contributed by atoms with Gasteiger partial charge in [0.25, 0.3) is 0 Å². The van der Waals surface area contributed by atoms with Crippen LogP contribution in [0.5, 0.6) is 11.5 Å². The number of nitrogens with one attached hydrogen (secondary N) is 1. The number of aliphatic hydroxyl groups is 1. The van der Waals surface area contributed by atoms with E-state index in [2.05, 4.69) is 39.1 Å². The first-order chi connectivity index (χ1) is 14.1. The monoisotopic (exact) mass is 413 g/mol. The lowest BCUT2D eigenvalue weighted by molar-refractivity contribution is -0.135. The average molecular weight is 414 g/mol. The van der Waals surface area contributed by atoms with Crippen LogP contribution in [-0.2, 0) is 16.6 Å². The van der Waals surface area contributed by atoms with Gasteiger partial charge in [0.05, 0.1) is 5.60 Å². The standard InChI is InChI=1S/C25H35NO4/c1-7-23-15-12-13-8-9-14(27)17-16(13)24(23,10-11-26-15)20(30-17)25(29-6)18(19(23)25)22(5,28)21(2,3)4/h8-9,15,18-20,26-28H,7,10-12H2,1-6H3/t15-,18-,19?,20-,22+,23+,24+,25+/m1/s1. The van der Waals surface area contributed by atoms with Gasteiger partial charge in [-0.1, -0.05) is 33.8 Å². The normalized spacial score (nSPS) is 46.6. The molecule has 2 aliphatic heterocycles. The molecule has 30 heavy (non-hydrogen) atoms. The summed E-state index contributed by atoms with van der Waals surface area (Å²) < 4.78 is 13.2. The molecule has 5 heteroatoms. The van der Waals surface area contributed by atoms with Crippen LogP contribution >= 0.6 is 0 Å². The van der Waals surface area contributed by atoms with Crippen LogP contribution in [0.15, 0.2) is 12.1 Å². The summed E-state index contributed by atoms with van der Waals surface area (Å²) in [4.78, 5) is 0. The molecule has 3 N–H and O–H groups in total. The predicted octanol–water partition coefficient (Wildman–Crippen LogP) is 3.15. The van der Waals surface area contributed by atoms with Crippen molar-refractivity contribution < 1.29 is 19.7 Å². The summed E-state index contributed by atoms with van der Waals surface area (Å²) in [6.07, 6.45) is 2.75. The van der Waals surface area contributed by atoms with Crippen LogP contribution in [-0.4, -0.2) is 47.2 Å². The van der Waals surface area contributed by atoms with Gasteiger partial charge in [-0.25, -0.2) is 0 Å². The molecule has 1 unspecified atom stereocenters. The molecule has 1 spiro atoms. The Morgan fingerprint density at radius 2 is 2.00 bits per heavy atom. The zero-order chi connectivity index (χ0) is 21.5. The maximum absolute atomic E-state index is 11.9. The Labute approximate surface area is 179 Å². The van der Waals surface area contributed by atoms with Crippen LogP contribution in [0.2, 0.25) is 0 Å². The molecule has 2 heterocycles. The zero-order valence-corrected chi connectivity index (χ0v) is 19.0. The summed E-state index contributed by atoms with van der Waals surface area (Å²) >= 11 is 0. The molecule has 8 atom stereocenters. The van der Waals surface area contributed by atoms with Gasteiger partial charge in [-0.05, 0) is 49.8 Å². The molecule has 5 aliphatic rings. The quantitative estimate of drug-likeness (QED) is 0.710. The summed E-state index contributed by atoms with van der Waals surface area (Å²) in [5.74, 6) is 1.13. The second kappa shape index (κ2) is 5.19. The third kappa shape index (κ3) is 1.61. The Morgan fingerprint density at radius 1 is 1.27 bits per heavy atom. The molecule has 3 fully saturated rings. The van der Waals surface area contributed by atoms with E-state index in [1.165, 1.54) is 11.1 Å². The largest absolute Gasteiger partial charge is 0.504 e. The van der Waals surface area contributed by atoms with Gasteiger partial charge in [-0.3, -0.25) is 0 Å². The third-order valence-corrected chi connectivity index (χ3v) is 10.4. The van der Waals surface area contributed by atoms with Gasteiger partial charge in [-0.15, -0.1) is 0 Å². The second-order valence-corrected chi connectivity index (χ2v) is 11.7. The number of methoxy groups -OCH3 is 1. The highest BCUT2D eigenvalue weighted by molar-refractivity contribution is 5.66. The molecular weight excluding hydrogens is 378 g/mol. The Bertz CT molecular complexity index is 951. The molecule has 1 aromatic rings. The van der Waals surface area contributed by atoms with E-state index in [9.17, 15) is 10.2 Å². The van der Waals surface area contributed by atoms with Gasteiger partial charge in [0.1, 0.15) is 11.7 Å². The lowest BCUT2D eigenvalue weighted by Crippen LogP contribution is -2.69. The van der Waals surface area contributed by atoms with Crippen LogP contribution in [0.25, 0.3) is 0 Å². The first-order valence-electron chi connectivity index (χ1n) is 11.6. The number of benzene rings is 1. The van der Waals surface area contributed by atoms with Crippen LogP contribution in [0, 0.1) is 22.7 Å². The summed E-state index contributed by atoms with van der Waals surface area (Å²) in [5, 5.41) is 26.5. The first kappa shape index (κ1) is 19.4. The zero-order valence-electron chi connectivity index (χ0n) is 19.0. The molecule has 1 saturated heterocycles. The van der Waals surface area contributed by atoms with E-state index in [-0.39, 0.29) is 39.9 Å². The number of phenols is 1. The molecule has 2 saturated carbocycles. The van der Waals surface area contributed by atoms with E-state index in [0.29, 0.717) is 11.8 Å². The third-order valence-electron chi connectivity index (χ3n) is 10.4. The molecule has 3 aliphatic carbocycles. The van der Waals surface area contributed by atoms with Crippen molar-refractivity contribution in [1.29, 1.82) is 0 Å². The smallest absolute Gasteiger partial charge is 0.165 e. The highest BCUT2D eigenvalue weighted by Crippen LogP contribution is 2.86. The molecule has 164 valence electrons. The lowest BCUT2D eigenvalue weighted by atomic mass is 9.46. The summed E-state index contributed by atoms with van der Waals surface area (Å²) in [5.41, 5.74) is 0.604. The molecule has 0 aromatic heterocycles. The number of phenolic OH excluding ortho intramolecular Hbond substituents is 1. The minimum absolute atomic E-state index is 0.00604. The van der Waals surface area contributed by atoms with Crippen molar-refractivity contribution in [2.24, 2.45) is 22.7 Å². The summed E-state index contributed by atoms with van der Waals surface area (Å²) in [6.45, 7) is 11.6. The number of fused-ring (bicyclic) bond motifs is 2. The van der Waals surface area contributed by atoms with Crippen molar-refractivity contribution in [2.75, 3.05) is 13.7 Å². The van der Waals surface area contributed by atoms with Crippen molar-refractivity contribution in [3.63, 3.8) is 0 Å². The predicted molar refractivity (Wildman–Crippen MR) is 114 cm³/mol. The van der Waals surface area contributed by atoms with Gasteiger partial charge in [0, 0.05) is 41.4 Å². The van der Waals surface area contributed by atoms with Gasteiger partial charge in [0.15, 0.2) is 11.5 Å². The maximum Gasteiger partial charge on any atom is 0.165 e. The number of hydrogen-bond acceptors (Lipinski definition) is 5. The Kier molecular flexibility index (Phi) is 3.35. The first-order valence-corrected chi connectivity index (χ1v) is 11.6. The minimum Gasteiger partial charge on any atom is -0.504 e. The molecule has 5 nitrogen and oxygen atoms in total. The Balaban J connectivity index is 1.65. The van der Waals surface area contributed by atoms with E-state index in [1.807, 2.05) is 6.92 Å². The fraction of sp³-hybridized carbons (Fsp3) is 0.760. The number of piperidine rings is 1. The van der Waals surface area contributed by atoms with E-state index in [1.54, 1.807) is 13.2 Å². The number of aromatic hydroxyl groups is 1. The number of rotatable bonds is 3. The van der Waals surface area contributed by atoms with Crippen molar-refractivity contribution in [1.82, 2.24) is 5.32 Å². The van der Waals surface area contributed by atoms with Crippen molar-refractivity contribution >= 4 is 0 Å². The Hall–Kier alpha value is -1.30. The molecule has 6 rings (SSSR count). The summed E-state index contributed by atoms with van der Waals surface area (Å²) in [7, 11) is 1.80. The highest BCUT2D eigenvalue weighted by atomic mass is 16.6. The van der Waals surface area contributed by atoms with Gasteiger partial charge >= 0.3 is 0 Å². The Morgan fingerprint density at radius 3 is 2.63 bits per heavy atom. The van der Waals surface area contributed by atoms with Crippen molar-refractivity contribution in [2.45, 2.75) is 82.6 Å². The van der Waals surface area contributed by atoms with Crippen LogP contribution in [0.4, 0.5) is 0 Å². The van der Waals surface area contributed by atoms with E-state index < -0.39 is 11.2 Å².